The maximum absolute atomic E-state index is 12.0. The number of benzene rings is 1. The van der Waals surface area contributed by atoms with Crippen LogP contribution in [-0.4, -0.2) is 20.7 Å². The van der Waals surface area contributed by atoms with Gasteiger partial charge in [-0.2, -0.15) is 5.10 Å². The molecular formula is C13H17N5O. The first-order valence-corrected chi connectivity index (χ1v) is 6.00. The minimum absolute atomic E-state index is 0.125. The molecule has 0 bridgehead atoms. The summed E-state index contributed by atoms with van der Waals surface area (Å²) in [6.07, 6.45) is 0. The van der Waals surface area contributed by atoms with Crippen molar-refractivity contribution in [3.8, 4) is 0 Å². The number of carbonyl (C=O) groups excluding carboxylic acids is 1. The number of aromatic nitrogens is 3. The number of nitrogen functional groups attached to an aromatic ring is 1. The first-order valence-electron chi connectivity index (χ1n) is 6.00. The Kier molecular flexibility index (Phi) is 3.50. The fraction of sp³-hybridized carbons (Fsp3) is 0.308. The highest BCUT2D eigenvalue weighted by molar-refractivity contribution is 5.94. The molecule has 0 fully saturated rings. The molecule has 0 aliphatic carbocycles. The van der Waals surface area contributed by atoms with Gasteiger partial charge in [-0.05, 0) is 32.4 Å². The Morgan fingerprint density at radius 1 is 1.37 bits per heavy atom. The van der Waals surface area contributed by atoms with E-state index in [1.807, 2.05) is 26.0 Å². The standard InChI is InChI=1S/C13H17N5O/c1-8-5-4-6-11(14)13(8)16-12(19)7-18-10(3)15-9(2)17-18/h4-6H,7,14H2,1-3H3,(H,16,19). The summed E-state index contributed by atoms with van der Waals surface area (Å²) in [5.41, 5.74) is 7.99. The Morgan fingerprint density at radius 2 is 2.11 bits per heavy atom. The van der Waals surface area contributed by atoms with Crippen LogP contribution in [0.1, 0.15) is 17.2 Å². The van der Waals surface area contributed by atoms with Crippen molar-refractivity contribution in [1.82, 2.24) is 14.8 Å². The molecule has 19 heavy (non-hydrogen) atoms. The number of aryl methyl sites for hydroxylation is 3. The molecule has 0 radical (unpaired) electrons. The molecule has 0 spiro atoms. The average Bonchev–Trinajstić information content (AvgIpc) is 2.63. The van der Waals surface area contributed by atoms with Gasteiger partial charge in [-0.25, -0.2) is 9.67 Å². The molecule has 2 rings (SSSR count). The number of hydrogen-bond acceptors (Lipinski definition) is 4. The van der Waals surface area contributed by atoms with Crippen molar-refractivity contribution >= 4 is 17.3 Å². The van der Waals surface area contributed by atoms with Gasteiger partial charge in [0, 0.05) is 0 Å². The van der Waals surface area contributed by atoms with E-state index in [0.29, 0.717) is 23.0 Å². The van der Waals surface area contributed by atoms with Crippen LogP contribution in [0.2, 0.25) is 0 Å². The summed E-state index contributed by atoms with van der Waals surface area (Å²) in [6, 6.07) is 5.51. The molecule has 1 heterocycles. The van der Waals surface area contributed by atoms with E-state index in [9.17, 15) is 4.79 Å². The van der Waals surface area contributed by atoms with Gasteiger partial charge in [-0.3, -0.25) is 4.79 Å². The number of rotatable bonds is 3. The highest BCUT2D eigenvalue weighted by atomic mass is 16.2. The Bertz CT molecular complexity index is 597. The van der Waals surface area contributed by atoms with Crippen LogP contribution in [0.15, 0.2) is 18.2 Å². The summed E-state index contributed by atoms with van der Waals surface area (Å²) in [7, 11) is 0. The van der Waals surface area contributed by atoms with Gasteiger partial charge in [-0.1, -0.05) is 12.1 Å². The van der Waals surface area contributed by atoms with E-state index in [4.69, 9.17) is 5.73 Å². The minimum Gasteiger partial charge on any atom is -0.397 e. The van der Waals surface area contributed by atoms with Crippen LogP contribution in [-0.2, 0) is 11.3 Å². The van der Waals surface area contributed by atoms with Gasteiger partial charge < -0.3 is 11.1 Å². The lowest BCUT2D eigenvalue weighted by Gasteiger charge is -2.11. The summed E-state index contributed by atoms with van der Waals surface area (Å²) in [6.45, 7) is 5.63. The second-order valence-electron chi connectivity index (χ2n) is 4.45. The van der Waals surface area contributed by atoms with Gasteiger partial charge in [0.05, 0.1) is 11.4 Å². The smallest absolute Gasteiger partial charge is 0.246 e. The zero-order chi connectivity index (χ0) is 14.0. The topological polar surface area (TPSA) is 85.8 Å². The Morgan fingerprint density at radius 3 is 2.68 bits per heavy atom. The van der Waals surface area contributed by atoms with Crippen LogP contribution >= 0.6 is 0 Å². The van der Waals surface area contributed by atoms with Crippen LogP contribution < -0.4 is 11.1 Å². The lowest BCUT2D eigenvalue weighted by Crippen LogP contribution is -2.21. The summed E-state index contributed by atoms with van der Waals surface area (Å²) >= 11 is 0. The summed E-state index contributed by atoms with van der Waals surface area (Å²) in [4.78, 5) is 16.1. The monoisotopic (exact) mass is 259 g/mol. The predicted molar refractivity (Wildman–Crippen MR) is 73.7 cm³/mol. The zero-order valence-electron chi connectivity index (χ0n) is 11.3. The Hall–Kier alpha value is -2.37. The summed E-state index contributed by atoms with van der Waals surface area (Å²) in [5.74, 6) is 1.19. The summed E-state index contributed by atoms with van der Waals surface area (Å²) in [5, 5.41) is 6.96. The highest BCUT2D eigenvalue weighted by Crippen LogP contribution is 2.22. The van der Waals surface area contributed by atoms with E-state index in [1.54, 1.807) is 17.7 Å². The molecular weight excluding hydrogens is 242 g/mol. The molecule has 1 aromatic heterocycles. The Balaban J connectivity index is 2.12. The second-order valence-corrected chi connectivity index (χ2v) is 4.45. The van der Waals surface area contributed by atoms with Crippen LogP contribution in [0.4, 0.5) is 11.4 Å². The third-order valence-corrected chi connectivity index (χ3v) is 2.83. The van der Waals surface area contributed by atoms with Crippen molar-refractivity contribution in [2.24, 2.45) is 0 Å². The summed E-state index contributed by atoms with van der Waals surface area (Å²) < 4.78 is 1.57. The number of para-hydroxylation sites is 1. The number of hydrogen-bond donors (Lipinski definition) is 2. The fourth-order valence-corrected chi connectivity index (χ4v) is 1.89. The predicted octanol–water partition coefficient (Wildman–Crippen LogP) is 1.42. The molecule has 0 aliphatic rings. The van der Waals surface area contributed by atoms with Crippen LogP contribution in [0, 0.1) is 20.8 Å². The largest absolute Gasteiger partial charge is 0.397 e. The zero-order valence-corrected chi connectivity index (χ0v) is 11.3. The third-order valence-electron chi connectivity index (χ3n) is 2.83. The first kappa shape index (κ1) is 13.1. The van der Waals surface area contributed by atoms with E-state index in [2.05, 4.69) is 15.4 Å². The molecule has 1 aromatic carbocycles. The number of anilines is 2. The van der Waals surface area contributed by atoms with E-state index < -0.39 is 0 Å². The molecule has 0 atom stereocenters. The van der Waals surface area contributed by atoms with Gasteiger partial charge in [0.2, 0.25) is 5.91 Å². The van der Waals surface area contributed by atoms with E-state index in [1.165, 1.54) is 0 Å². The number of carbonyl (C=O) groups is 1. The lowest BCUT2D eigenvalue weighted by molar-refractivity contribution is -0.116. The SMILES string of the molecule is Cc1nc(C)n(CC(=O)Nc2c(C)cccc2N)n1. The molecule has 6 heteroatoms. The van der Waals surface area contributed by atoms with Gasteiger partial charge in [-0.15, -0.1) is 0 Å². The molecule has 3 N–H and O–H groups in total. The van der Waals surface area contributed by atoms with Crippen molar-refractivity contribution in [2.45, 2.75) is 27.3 Å². The molecule has 0 aliphatic heterocycles. The Labute approximate surface area is 111 Å². The van der Waals surface area contributed by atoms with Crippen molar-refractivity contribution < 1.29 is 4.79 Å². The molecule has 0 unspecified atom stereocenters. The van der Waals surface area contributed by atoms with Crippen molar-refractivity contribution in [3.63, 3.8) is 0 Å². The third kappa shape index (κ3) is 2.90. The molecule has 0 saturated heterocycles. The maximum atomic E-state index is 12.0. The van der Waals surface area contributed by atoms with Crippen molar-refractivity contribution in [3.05, 3.63) is 35.4 Å². The van der Waals surface area contributed by atoms with Gasteiger partial charge >= 0.3 is 0 Å². The van der Waals surface area contributed by atoms with Gasteiger partial charge in [0.15, 0.2) is 0 Å². The number of nitrogens with zero attached hydrogens (tertiary/aromatic N) is 3. The van der Waals surface area contributed by atoms with Crippen LogP contribution in [0.25, 0.3) is 0 Å². The molecule has 2 aromatic rings. The highest BCUT2D eigenvalue weighted by Gasteiger charge is 2.11. The van der Waals surface area contributed by atoms with Gasteiger partial charge in [0.1, 0.15) is 18.2 Å². The molecule has 100 valence electrons. The van der Waals surface area contributed by atoms with Crippen LogP contribution in [0.5, 0.6) is 0 Å². The molecule has 1 amide bonds. The number of nitrogens with two attached hydrogens (primary N) is 1. The second kappa shape index (κ2) is 5.09. The van der Waals surface area contributed by atoms with Crippen LogP contribution in [0.3, 0.4) is 0 Å². The molecule has 6 nitrogen and oxygen atoms in total. The number of nitrogens with one attached hydrogen (secondary N) is 1. The first-order chi connectivity index (χ1) is 8.97. The van der Waals surface area contributed by atoms with Crippen molar-refractivity contribution in [2.75, 3.05) is 11.1 Å². The van der Waals surface area contributed by atoms with E-state index in [0.717, 1.165) is 5.56 Å². The lowest BCUT2D eigenvalue weighted by atomic mass is 10.1. The maximum Gasteiger partial charge on any atom is 0.246 e. The van der Waals surface area contributed by atoms with E-state index in [-0.39, 0.29) is 12.5 Å². The number of amides is 1. The van der Waals surface area contributed by atoms with E-state index >= 15 is 0 Å². The molecule has 0 saturated carbocycles. The average molecular weight is 259 g/mol. The minimum atomic E-state index is -0.172. The quantitative estimate of drug-likeness (QED) is 0.816. The normalized spacial score (nSPS) is 10.5. The fourth-order valence-electron chi connectivity index (χ4n) is 1.89. The van der Waals surface area contributed by atoms with Crippen molar-refractivity contribution in [1.29, 1.82) is 0 Å². The van der Waals surface area contributed by atoms with Gasteiger partial charge in [0.25, 0.3) is 0 Å².